The molecule has 6 heteroatoms. The van der Waals surface area contributed by atoms with Crippen molar-refractivity contribution in [2.75, 3.05) is 41.7 Å². The van der Waals surface area contributed by atoms with Crippen molar-refractivity contribution in [3.63, 3.8) is 0 Å². The fraction of sp³-hybridized carbons (Fsp3) is 1.00. The maximum atomic E-state index is 8.57. The number of rotatable bonds is 2. The van der Waals surface area contributed by atoms with E-state index in [0.717, 1.165) is 40.8 Å². The number of hydrogen-bond donors (Lipinski definition) is 4. The van der Waals surface area contributed by atoms with E-state index in [2.05, 4.69) is 0 Å². The molecule has 0 aromatic rings. The van der Waals surface area contributed by atoms with Gasteiger partial charge in [-0.15, -0.1) is 0 Å². The molecule has 0 aromatic carbocycles. The Hall–Kier alpha value is -0.240. The fourth-order valence-electron chi connectivity index (χ4n) is 0.951. The van der Waals surface area contributed by atoms with Gasteiger partial charge in [-0.3, -0.25) is 0 Å². The van der Waals surface area contributed by atoms with Crippen LogP contribution in [0, 0.1) is 0 Å². The lowest BCUT2D eigenvalue weighted by Gasteiger charge is -2.19. The minimum absolute atomic E-state index is 0.142. The molecule has 1 rings (SSSR count). The summed E-state index contributed by atoms with van der Waals surface area (Å²) in [6.07, 6.45) is 3.94. The molecule has 1 fully saturated rings. The highest BCUT2D eigenvalue weighted by atomic mass is 16.5. The van der Waals surface area contributed by atoms with E-state index in [-0.39, 0.29) is 12.7 Å². The van der Waals surface area contributed by atoms with Crippen LogP contribution >= 0.6 is 0 Å². The SMILES string of the molecule is CO.CO.CO.COC(C)C.OCC1CCCCO1. The minimum atomic E-state index is 0.142. The van der Waals surface area contributed by atoms with Gasteiger partial charge in [-0.25, -0.2) is 0 Å². The van der Waals surface area contributed by atoms with Crippen molar-refractivity contribution in [1.82, 2.24) is 0 Å². The molecule has 0 aromatic heterocycles. The van der Waals surface area contributed by atoms with E-state index in [4.69, 9.17) is 29.9 Å². The summed E-state index contributed by atoms with van der Waals surface area (Å²) in [5, 5.41) is 29.6. The summed E-state index contributed by atoms with van der Waals surface area (Å²) >= 11 is 0. The molecule has 4 N–H and O–H groups in total. The average Bonchev–Trinajstić information content (AvgIpc) is 2.54. The van der Waals surface area contributed by atoms with Crippen molar-refractivity contribution < 1.29 is 29.9 Å². The standard InChI is InChI=1S/C6H12O2.C4H10O.3CH4O/c7-5-6-3-1-2-4-8-6;1-4(2)5-3;3*1-2/h6-7H,1-5H2;4H,1-3H3;3*2H,1H3. The molecule has 0 aliphatic carbocycles. The Labute approximate surface area is 118 Å². The van der Waals surface area contributed by atoms with Gasteiger partial charge in [0.05, 0.1) is 18.8 Å². The second kappa shape index (κ2) is 30.6. The maximum Gasteiger partial charge on any atom is 0.0805 e. The van der Waals surface area contributed by atoms with Crippen LogP contribution in [0.2, 0.25) is 0 Å². The molecule has 19 heavy (non-hydrogen) atoms. The summed E-state index contributed by atoms with van der Waals surface area (Å²) in [6, 6.07) is 0. The highest BCUT2D eigenvalue weighted by Crippen LogP contribution is 2.10. The first kappa shape index (κ1) is 27.2. The van der Waals surface area contributed by atoms with Gasteiger partial charge in [-0.05, 0) is 33.1 Å². The van der Waals surface area contributed by atoms with Crippen LogP contribution in [0.4, 0.5) is 0 Å². The third kappa shape index (κ3) is 31.9. The van der Waals surface area contributed by atoms with Gasteiger partial charge in [0.15, 0.2) is 0 Å². The van der Waals surface area contributed by atoms with Gasteiger partial charge < -0.3 is 29.9 Å². The molecule has 1 heterocycles. The highest BCUT2D eigenvalue weighted by Gasteiger charge is 2.10. The first-order valence-corrected chi connectivity index (χ1v) is 6.30. The summed E-state index contributed by atoms with van der Waals surface area (Å²) in [5.74, 6) is 0. The van der Waals surface area contributed by atoms with Gasteiger partial charge in [0.1, 0.15) is 0 Å². The summed E-state index contributed by atoms with van der Waals surface area (Å²) in [5.41, 5.74) is 0. The van der Waals surface area contributed by atoms with E-state index in [1.807, 2.05) is 13.8 Å². The van der Waals surface area contributed by atoms with Crippen LogP contribution in [0.5, 0.6) is 0 Å². The Morgan fingerprint density at radius 2 is 1.47 bits per heavy atom. The van der Waals surface area contributed by atoms with Crippen molar-refractivity contribution in [1.29, 1.82) is 0 Å². The molecule has 1 unspecified atom stereocenters. The highest BCUT2D eigenvalue weighted by molar-refractivity contribution is 4.60. The summed E-state index contributed by atoms with van der Waals surface area (Å²) in [6.45, 7) is 5.03. The van der Waals surface area contributed by atoms with E-state index < -0.39 is 0 Å². The first-order chi connectivity index (χ1) is 9.20. The third-order valence-electron chi connectivity index (χ3n) is 1.95. The number of ether oxygens (including phenoxy) is 2. The Bertz CT molecular complexity index is 105. The van der Waals surface area contributed by atoms with Crippen molar-refractivity contribution in [3.8, 4) is 0 Å². The lowest BCUT2D eigenvalue weighted by molar-refractivity contribution is -0.0172. The largest absolute Gasteiger partial charge is 0.400 e. The zero-order valence-electron chi connectivity index (χ0n) is 13.3. The topological polar surface area (TPSA) is 99.4 Å². The predicted octanol–water partition coefficient (Wildman–Crippen LogP) is 0.414. The van der Waals surface area contributed by atoms with Crippen molar-refractivity contribution in [2.45, 2.75) is 45.3 Å². The molecule has 0 radical (unpaired) electrons. The number of aliphatic hydroxyl groups excluding tert-OH is 4. The van der Waals surface area contributed by atoms with Gasteiger partial charge in [0, 0.05) is 35.0 Å². The van der Waals surface area contributed by atoms with Gasteiger partial charge in [-0.1, -0.05) is 0 Å². The quantitative estimate of drug-likeness (QED) is 0.587. The molecule has 1 saturated heterocycles. The first-order valence-electron chi connectivity index (χ1n) is 6.30. The summed E-state index contributed by atoms with van der Waals surface area (Å²) in [4.78, 5) is 0. The summed E-state index contributed by atoms with van der Waals surface area (Å²) < 4.78 is 9.93. The summed E-state index contributed by atoms with van der Waals surface area (Å²) in [7, 11) is 4.70. The maximum absolute atomic E-state index is 8.57. The van der Waals surface area contributed by atoms with Crippen LogP contribution in [0.3, 0.4) is 0 Å². The normalized spacial score (nSPS) is 16.3. The van der Waals surface area contributed by atoms with E-state index >= 15 is 0 Å². The van der Waals surface area contributed by atoms with Crippen LogP contribution in [-0.4, -0.2) is 74.3 Å². The molecular weight excluding hydrogens is 252 g/mol. The van der Waals surface area contributed by atoms with Crippen LogP contribution in [0.1, 0.15) is 33.1 Å². The van der Waals surface area contributed by atoms with E-state index in [1.165, 1.54) is 6.42 Å². The van der Waals surface area contributed by atoms with E-state index in [1.54, 1.807) is 7.11 Å². The van der Waals surface area contributed by atoms with Gasteiger partial charge in [-0.2, -0.15) is 0 Å². The van der Waals surface area contributed by atoms with Crippen molar-refractivity contribution >= 4 is 0 Å². The average molecular weight is 286 g/mol. The minimum Gasteiger partial charge on any atom is -0.400 e. The fourth-order valence-corrected chi connectivity index (χ4v) is 0.951. The number of hydrogen-bond acceptors (Lipinski definition) is 6. The van der Waals surface area contributed by atoms with Gasteiger partial charge in [0.25, 0.3) is 0 Å². The molecule has 1 aliphatic heterocycles. The zero-order valence-corrected chi connectivity index (χ0v) is 13.3. The van der Waals surface area contributed by atoms with Crippen molar-refractivity contribution in [3.05, 3.63) is 0 Å². The second-order valence-corrected chi connectivity index (χ2v) is 3.46. The number of methoxy groups -OCH3 is 1. The lowest BCUT2D eigenvalue weighted by atomic mass is 10.1. The molecule has 122 valence electrons. The molecule has 0 bridgehead atoms. The third-order valence-corrected chi connectivity index (χ3v) is 1.95. The van der Waals surface area contributed by atoms with Crippen LogP contribution < -0.4 is 0 Å². The Morgan fingerprint density at radius 3 is 1.63 bits per heavy atom. The number of aliphatic hydroxyl groups is 4. The smallest absolute Gasteiger partial charge is 0.0805 e. The molecule has 6 nitrogen and oxygen atoms in total. The monoisotopic (exact) mass is 286 g/mol. The Morgan fingerprint density at radius 1 is 1.05 bits per heavy atom. The predicted molar refractivity (Wildman–Crippen MR) is 77.3 cm³/mol. The molecular formula is C13H34O6. The van der Waals surface area contributed by atoms with Gasteiger partial charge in [0.2, 0.25) is 0 Å². The van der Waals surface area contributed by atoms with Gasteiger partial charge >= 0.3 is 0 Å². The van der Waals surface area contributed by atoms with E-state index in [0.29, 0.717) is 6.10 Å². The second-order valence-electron chi connectivity index (χ2n) is 3.46. The van der Waals surface area contributed by atoms with E-state index in [9.17, 15) is 0 Å². The molecule has 0 amide bonds. The molecule has 0 saturated carbocycles. The molecule has 1 atom stereocenters. The zero-order chi connectivity index (χ0) is 16.1. The van der Waals surface area contributed by atoms with Crippen LogP contribution in [0.25, 0.3) is 0 Å². The van der Waals surface area contributed by atoms with Crippen molar-refractivity contribution in [2.24, 2.45) is 0 Å². The van der Waals surface area contributed by atoms with Crippen LogP contribution in [-0.2, 0) is 9.47 Å². The Balaban J connectivity index is -0.0000000892. The molecule has 1 aliphatic rings. The lowest BCUT2D eigenvalue weighted by Crippen LogP contribution is -2.22. The molecule has 0 spiro atoms. The van der Waals surface area contributed by atoms with Crippen LogP contribution in [0.15, 0.2) is 0 Å². The Kier molecular flexibility index (Phi) is 43.8.